The molecular weight excluding hydrogens is 427 g/mol. The molecule has 0 bridgehead atoms. The molecule has 1 aromatic rings. The molecule has 1 nitrogen and oxygen atoms in total. The third kappa shape index (κ3) is 7.08. The van der Waals surface area contributed by atoms with E-state index in [0.717, 1.165) is 12.2 Å². The van der Waals surface area contributed by atoms with Crippen LogP contribution in [0.1, 0.15) is 66.0 Å². The van der Waals surface area contributed by atoms with E-state index >= 15 is 0 Å². The Hall–Kier alpha value is 0.0112. The van der Waals surface area contributed by atoms with Gasteiger partial charge < -0.3 is 0 Å². The van der Waals surface area contributed by atoms with Gasteiger partial charge >= 0.3 is 163 Å². The molecule has 0 atom stereocenters. The molecule has 0 heterocycles. The van der Waals surface area contributed by atoms with Crippen LogP contribution in [0.4, 0.5) is 0 Å². The van der Waals surface area contributed by atoms with Crippen molar-refractivity contribution in [2.24, 2.45) is 0 Å². The number of rotatable bonds is 4. The van der Waals surface area contributed by atoms with E-state index in [1.807, 2.05) is 0 Å². The third-order valence-corrected chi connectivity index (χ3v) is 15.3. The Morgan fingerprint density at radius 1 is 0.889 bits per heavy atom. The summed E-state index contributed by atoms with van der Waals surface area (Å²) >= 11 is -1.66. The van der Waals surface area contributed by atoms with Crippen LogP contribution in [0.3, 0.4) is 0 Å². The van der Waals surface area contributed by atoms with Crippen molar-refractivity contribution < 1.29 is 20.8 Å². The second-order valence-electron chi connectivity index (χ2n) is 9.64. The van der Waals surface area contributed by atoms with E-state index < -0.39 is 24.2 Å². The molecule has 5 heteroatoms. The third-order valence-electron chi connectivity index (χ3n) is 4.85. The fourth-order valence-corrected chi connectivity index (χ4v) is 12.4. The van der Waals surface area contributed by atoms with Gasteiger partial charge in [0.15, 0.2) is 0 Å². The Kier molecular flexibility index (Phi) is 10.2. The predicted molar refractivity (Wildman–Crippen MR) is 124 cm³/mol. The average Bonchev–Trinajstić information content (AvgIpc) is 2.88. The van der Waals surface area contributed by atoms with Crippen molar-refractivity contribution in [2.75, 3.05) is 0 Å². The van der Waals surface area contributed by atoms with E-state index in [1.54, 1.807) is 3.88 Å². The molecule has 153 valence electrons. The maximum atomic E-state index is 6.83. The van der Waals surface area contributed by atoms with Gasteiger partial charge in [-0.25, -0.2) is 0 Å². The first-order chi connectivity index (χ1) is 11.4. The zero-order valence-electron chi connectivity index (χ0n) is 18.4. The van der Waals surface area contributed by atoms with E-state index in [0.29, 0.717) is 0 Å². The first-order valence-electron chi connectivity index (χ1n) is 9.47. The minimum Gasteiger partial charge on any atom is -0.147 e. The monoisotopic (exact) mass is 463 g/mol. The maximum absolute atomic E-state index is 6.83. The van der Waals surface area contributed by atoms with Crippen LogP contribution in [-0.2, 0) is 28.3 Å². The van der Waals surface area contributed by atoms with Crippen LogP contribution in [-0.4, -0.2) is 6.66 Å². The van der Waals surface area contributed by atoms with Crippen molar-refractivity contribution >= 4 is 31.5 Å². The fourth-order valence-electron chi connectivity index (χ4n) is 3.09. The largest absolute Gasteiger partial charge is 0.147 e. The van der Waals surface area contributed by atoms with Crippen LogP contribution in [0, 0.1) is 0 Å². The van der Waals surface area contributed by atoms with Gasteiger partial charge in [0, 0.05) is 0 Å². The Morgan fingerprint density at radius 3 is 1.70 bits per heavy atom. The molecule has 2 rings (SSSR count). The average molecular weight is 464 g/mol. The summed E-state index contributed by atoms with van der Waals surface area (Å²) in [5, 5.41) is 0. The molecule has 0 fully saturated rings. The van der Waals surface area contributed by atoms with Gasteiger partial charge in [-0.3, -0.25) is 0 Å². The number of halogens is 2. The van der Waals surface area contributed by atoms with Gasteiger partial charge in [0.25, 0.3) is 0 Å². The molecule has 0 unspecified atom stereocenters. The number of benzene rings is 1. The van der Waals surface area contributed by atoms with Crippen LogP contribution < -0.4 is 3.32 Å². The molecule has 1 aromatic carbocycles. The van der Waals surface area contributed by atoms with Gasteiger partial charge in [-0.15, -0.1) is 24.8 Å². The van der Waals surface area contributed by atoms with Crippen LogP contribution in [0.2, 0.25) is 13.1 Å². The summed E-state index contributed by atoms with van der Waals surface area (Å²) in [5.74, 6) is 1.11. The van der Waals surface area contributed by atoms with Crippen molar-refractivity contribution in [3.63, 3.8) is 0 Å². The van der Waals surface area contributed by atoms with Crippen molar-refractivity contribution in [2.45, 2.75) is 78.8 Å². The topological polar surface area (TPSA) is 9.23 Å². The summed E-state index contributed by atoms with van der Waals surface area (Å²) in [7, 11) is 0. The van der Waals surface area contributed by atoms with Crippen molar-refractivity contribution in [3.8, 4) is 5.75 Å². The minimum atomic E-state index is -1.66. The Labute approximate surface area is 187 Å². The molecule has 0 aromatic heterocycles. The molecule has 0 saturated carbocycles. The zero-order chi connectivity index (χ0) is 19.0. The summed E-state index contributed by atoms with van der Waals surface area (Å²) in [4.78, 5) is 0. The smallest absolute Gasteiger partial charge is 0.147 e. The van der Waals surface area contributed by atoms with E-state index in [1.165, 1.54) is 16.7 Å². The van der Waals surface area contributed by atoms with Gasteiger partial charge in [-0.1, -0.05) is 0 Å². The summed E-state index contributed by atoms with van der Waals surface area (Å²) in [6.07, 6.45) is 5.72. The van der Waals surface area contributed by atoms with E-state index in [-0.39, 0.29) is 35.6 Å². The second kappa shape index (κ2) is 10.2. The normalized spacial score (nSPS) is 14.1. The first kappa shape index (κ1) is 27.0. The zero-order valence-corrected chi connectivity index (χ0v) is 22.7. The molecule has 1 aliphatic carbocycles. The van der Waals surface area contributed by atoms with E-state index in [9.17, 15) is 0 Å². The maximum Gasteiger partial charge on any atom is -0.147 e. The number of hydrogen-bond donors (Lipinski definition) is 0. The molecule has 1 aliphatic rings. The molecule has 0 amide bonds. The predicted octanol–water partition coefficient (Wildman–Crippen LogP) is 7.25. The molecule has 0 aliphatic heterocycles. The SMILES string of the molecule is CC1=[C]([Ti]([O]c2cc(C(C)(C)C)cc(C(C)(C)C)c2)[SiH](C)C)CC=C1.Cl.Cl. The number of allylic oxidation sites excluding steroid dienone is 4. The van der Waals surface area contributed by atoms with Crippen molar-refractivity contribution in [1.82, 2.24) is 0 Å². The minimum absolute atomic E-state index is 0. The van der Waals surface area contributed by atoms with Gasteiger partial charge in [-0.2, -0.15) is 0 Å². The Balaban J connectivity index is 0.00000338. The Morgan fingerprint density at radius 2 is 1.37 bits per heavy atom. The summed E-state index contributed by atoms with van der Waals surface area (Å²) in [6.45, 7) is 20.1. The van der Waals surface area contributed by atoms with Gasteiger partial charge in [0.05, 0.1) is 0 Å². The quantitative estimate of drug-likeness (QED) is 0.427. The molecular formula is C22H37Cl2OSiTi. The number of hydrogen-bond acceptors (Lipinski definition) is 1. The van der Waals surface area contributed by atoms with Gasteiger partial charge in [0.2, 0.25) is 0 Å². The van der Waals surface area contributed by atoms with Crippen LogP contribution in [0.15, 0.2) is 39.8 Å². The summed E-state index contributed by atoms with van der Waals surface area (Å²) in [5.41, 5.74) is 4.51. The molecule has 0 N–H and O–H groups in total. The second-order valence-corrected chi connectivity index (χ2v) is 21.9. The van der Waals surface area contributed by atoms with Gasteiger partial charge in [-0.05, 0) is 0 Å². The van der Waals surface area contributed by atoms with Crippen LogP contribution in [0.25, 0.3) is 0 Å². The van der Waals surface area contributed by atoms with E-state index in [4.69, 9.17) is 3.32 Å². The van der Waals surface area contributed by atoms with Crippen molar-refractivity contribution in [1.29, 1.82) is 0 Å². The molecule has 27 heavy (non-hydrogen) atoms. The molecule has 0 saturated heterocycles. The molecule has 0 radical (unpaired) electrons. The fraction of sp³-hybridized carbons (Fsp3) is 0.545. The Bertz CT molecular complexity index is 665. The van der Waals surface area contributed by atoms with Gasteiger partial charge in [0.1, 0.15) is 0 Å². The summed E-state index contributed by atoms with van der Waals surface area (Å²) in [6, 6.07) is 6.98. The van der Waals surface area contributed by atoms with Crippen LogP contribution in [0.5, 0.6) is 5.75 Å². The first-order valence-corrected chi connectivity index (χ1v) is 16.5. The van der Waals surface area contributed by atoms with E-state index in [2.05, 4.69) is 91.9 Å². The standard InChI is InChI=1S/C14H22O.C6H7.C2H7Si.2ClH.Ti/c1-13(2,3)10-7-11(14(4,5)6)9-12(15)8-10;1-6-4-2-3-5-6;1-3-2;;;/h7-9,15H,1-6H3;2,4H,3H2,1H3;3H,1-2H3;2*1H;/q;;;;;+1/p-1. The molecule has 0 spiro atoms. The summed E-state index contributed by atoms with van der Waals surface area (Å²) < 4.78 is 8.49. The van der Waals surface area contributed by atoms with Crippen LogP contribution >= 0.6 is 24.8 Å². The van der Waals surface area contributed by atoms with Crippen molar-refractivity contribution in [3.05, 3.63) is 50.9 Å².